The van der Waals surface area contributed by atoms with E-state index in [1.165, 1.54) is 35.2 Å². The Kier molecular flexibility index (Phi) is 6.59. The number of hydrogen-bond donors (Lipinski definition) is 1. The number of nitrogens with one attached hydrogen (secondary N) is 1. The van der Waals surface area contributed by atoms with Crippen molar-refractivity contribution in [3.05, 3.63) is 35.5 Å². The van der Waals surface area contributed by atoms with Gasteiger partial charge in [-0.05, 0) is 24.3 Å². The van der Waals surface area contributed by atoms with Crippen molar-refractivity contribution in [1.29, 1.82) is 0 Å². The summed E-state index contributed by atoms with van der Waals surface area (Å²) in [5, 5.41) is 5.01. The summed E-state index contributed by atoms with van der Waals surface area (Å²) in [5.41, 5.74) is 1.47. The summed E-state index contributed by atoms with van der Waals surface area (Å²) in [6.07, 6.45) is 0. The number of benzene rings is 1. The molecule has 6 nitrogen and oxygen atoms in total. The van der Waals surface area contributed by atoms with Crippen LogP contribution in [0.3, 0.4) is 0 Å². The topological polar surface area (TPSA) is 71.5 Å². The Morgan fingerprint density at radius 3 is 2.69 bits per heavy atom. The minimum atomic E-state index is -0.304. The lowest BCUT2D eigenvalue weighted by molar-refractivity contribution is -0.132. The monoisotopic (exact) mass is 395 g/mol. The Labute approximate surface area is 158 Å². The largest absolute Gasteiger partial charge is 0.378 e. The molecule has 2 amide bonds. The zero-order valence-corrected chi connectivity index (χ0v) is 15.6. The van der Waals surface area contributed by atoms with Crippen molar-refractivity contribution in [2.75, 3.05) is 43.1 Å². The van der Waals surface area contributed by atoms with Gasteiger partial charge in [-0.1, -0.05) is 0 Å². The first-order valence-corrected chi connectivity index (χ1v) is 10.1. The van der Waals surface area contributed by atoms with Gasteiger partial charge < -0.3 is 15.0 Å². The van der Waals surface area contributed by atoms with Crippen molar-refractivity contribution in [1.82, 2.24) is 9.88 Å². The predicted octanol–water partition coefficient (Wildman–Crippen LogP) is 2.48. The van der Waals surface area contributed by atoms with Gasteiger partial charge in [-0.15, -0.1) is 23.1 Å². The number of rotatable bonds is 6. The summed E-state index contributed by atoms with van der Waals surface area (Å²) in [4.78, 5) is 30.1. The molecular formula is C17H18FN3O3S2. The van der Waals surface area contributed by atoms with Gasteiger partial charge in [-0.3, -0.25) is 9.59 Å². The summed E-state index contributed by atoms with van der Waals surface area (Å²) in [6.45, 7) is 2.35. The lowest BCUT2D eigenvalue weighted by atomic mass is 10.2. The quantitative estimate of drug-likeness (QED) is 0.814. The van der Waals surface area contributed by atoms with Crippen LogP contribution < -0.4 is 5.32 Å². The number of carbonyl (C=O) groups is 2. The molecule has 0 aliphatic carbocycles. The number of nitrogens with zero attached hydrogens (tertiary/aromatic N) is 2. The molecule has 0 unspecified atom stereocenters. The van der Waals surface area contributed by atoms with E-state index in [1.54, 1.807) is 22.4 Å². The Bertz CT molecular complexity index is 761. The van der Waals surface area contributed by atoms with E-state index in [4.69, 9.17) is 4.74 Å². The number of anilines is 1. The molecular weight excluding hydrogens is 377 g/mol. The third-order valence-electron chi connectivity index (χ3n) is 3.71. The normalized spacial score (nSPS) is 14.3. The van der Waals surface area contributed by atoms with Crippen molar-refractivity contribution < 1.29 is 18.7 Å². The molecule has 2 aromatic rings. The predicted molar refractivity (Wildman–Crippen MR) is 101 cm³/mol. The number of amides is 2. The Morgan fingerprint density at radius 2 is 1.96 bits per heavy atom. The molecule has 3 rings (SSSR count). The number of aromatic nitrogens is 1. The van der Waals surface area contributed by atoms with Gasteiger partial charge >= 0.3 is 0 Å². The number of thiazole rings is 1. The van der Waals surface area contributed by atoms with E-state index in [2.05, 4.69) is 10.3 Å². The standard InChI is InChI=1S/C17H18FN3O3S2/c18-13-3-1-12(2-4-13)14-9-26-17(19-14)20-15(22)10-25-11-16(23)21-5-7-24-8-6-21/h1-4,9H,5-8,10-11H2,(H,19,20,22). The summed E-state index contributed by atoms with van der Waals surface area (Å²) < 4.78 is 18.2. The van der Waals surface area contributed by atoms with E-state index in [-0.39, 0.29) is 29.1 Å². The van der Waals surface area contributed by atoms with E-state index < -0.39 is 0 Å². The number of morpholine rings is 1. The molecule has 0 spiro atoms. The Hall–Kier alpha value is -1.97. The van der Waals surface area contributed by atoms with Crippen molar-refractivity contribution in [2.45, 2.75) is 0 Å². The molecule has 1 aromatic carbocycles. The van der Waals surface area contributed by atoms with E-state index in [9.17, 15) is 14.0 Å². The second-order valence-electron chi connectivity index (χ2n) is 5.58. The van der Waals surface area contributed by atoms with Gasteiger partial charge in [-0.2, -0.15) is 0 Å². The fraction of sp³-hybridized carbons (Fsp3) is 0.353. The Balaban J connectivity index is 1.43. The van der Waals surface area contributed by atoms with Gasteiger partial charge in [0.15, 0.2) is 5.13 Å². The number of halogens is 1. The molecule has 0 bridgehead atoms. The molecule has 9 heteroatoms. The molecule has 26 heavy (non-hydrogen) atoms. The van der Waals surface area contributed by atoms with Gasteiger partial charge in [0.05, 0.1) is 30.4 Å². The fourth-order valence-corrected chi connectivity index (χ4v) is 3.83. The summed E-state index contributed by atoms with van der Waals surface area (Å²) in [6, 6.07) is 6.02. The van der Waals surface area contributed by atoms with Crippen molar-refractivity contribution >= 4 is 40.0 Å². The highest BCUT2D eigenvalue weighted by Crippen LogP contribution is 2.25. The number of thioether (sulfide) groups is 1. The van der Waals surface area contributed by atoms with Crippen LogP contribution in [0.15, 0.2) is 29.6 Å². The van der Waals surface area contributed by atoms with Gasteiger partial charge in [0.2, 0.25) is 11.8 Å². The second kappa shape index (κ2) is 9.11. The van der Waals surface area contributed by atoms with Crippen LogP contribution in [-0.4, -0.2) is 59.5 Å². The first-order chi connectivity index (χ1) is 12.6. The van der Waals surface area contributed by atoms with E-state index in [1.807, 2.05) is 0 Å². The molecule has 0 saturated carbocycles. The number of carbonyl (C=O) groups excluding carboxylic acids is 2. The molecule has 1 N–H and O–H groups in total. The summed E-state index contributed by atoms with van der Waals surface area (Å²) in [5.74, 6) is -0.0295. The maximum Gasteiger partial charge on any atom is 0.236 e. The molecule has 1 aromatic heterocycles. The van der Waals surface area contributed by atoms with E-state index in [0.29, 0.717) is 37.1 Å². The highest BCUT2D eigenvalue weighted by molar-refractivity contribution is 8.00. The molecule has 0 radical (unpaired) electrons. The van der Waals surface area contributed by atoms with Crippen LogP contribution >= 0.6 is 23.1 Å². The number of hydrogen-bond acceptors (Lipinski definition) is 6. The molecule has 2 heterocycles. The maximum absolute atomic E-state index is 13.0. The lowest BCUT2D eigenvalue weighted by Gasteiger charge is -2.26. The molecule has 1 fully saturated rings. The summed E-state index contributed by atoms with van der Waals surface area (Å²) in [7, 11) is 0. The third kappa shape index (κ3) is 5.26. The van der Waals surface area contributed by atoms with Crippen molar-refractivity contribution in [2.24, 2.45) is 0 Å². The first-order valence-electron chi connectivity index (χ1n) is 8.06. The SMILES string of the molecule is O=C(CSCC(=O)N1CCOCC1)Nc1nc(-c2ccc(F)cc2)cs1. The zero-order chi connectivity index (χ0) is 18.4. The fourth-order valence-electron chi connectivity index (χ4n) is 2.37. The van der Waals surface area contributed by atoms with Crippen LogP contribution in [-0.2, 0) is 14.3 Å². The van der Waals surface area contributed by atoms with Crippen LogP contribution in [0, 0.1) is 5.82 Å². The Morgan fingerprint density at radius 1 is 1.23 bits per heavy atom. The molecule has 1 aliphatic heterocycles. The maximum atomic E-state index is 13.0. The average molecular weight is 395 g/mol. The molecule has 1 saturated heterocycles. The van der Waals surface area contributed by atoms with Crippen molar-refractivity contribution in [3.63, 3.8) is 0 Å². The highest BCUT2D eigenvalue weighted by Gasteiger charge is 2.17. The minimum Gasteiger partial charge on any atom is -0.378 e. The van der Waals surface area contributed by atoms with Crippen LogP contribution in [0.1, 0.15) is 0 Å². The molecule has 138 valence electrons. The van der Waals surface area contributed by atoms with Crippen LogP contribution in [0.25, 0.3) is 11.3 Å². The molecule has 1 aliphatic rings. The van der Waals surface area contributed by atoms with Crippen LogP contribution in [0.5, 0.6) is 0 Å². The zero-order valence-electron chi connectivity index (χ0n) is 13.9. The molecule has 0 atom stereocenters. The smallest absolute Gasteiger partial charge is 0.236 e. The average Bonchev–Trinajstić information content (AvgIpc) is 3.11. The van der Waals surface area contributed by atoms with Crippen LogP contribution in [0.2, 0.25) is 0 Å². The lowest BCUT2D eigenvalue weighted by Crippen LogP contribution is -2.41. The van der Waals surface area contributed by atoms with Crippen molar-refractivity contribution in [3.8, 4) is 11.3 Å². The van der Waals surface area contributed by atoms with E-state index >= 15 is 0 Å². The van der Waals surface area contributed by atoms with Gasteiger partial charge in [0.25, 0.3) is 0 Å². The van der Waals surface area contributed by atoms with Gasteiger partial charge in [-0.25, -0.2) is 9.37 Å². The second-order valence-corrected chi connectivity index (χ2v) is 7.42. The minimum absolute atomic E-state index is 0.0268. The van der Waals surface area contributed by atoms with Gasteiger partial charge in [0.1, 0.15) is 5.82 Å². The number of ether oxygens (including phenoxy) is 1. The van der Waals surface area contributed by atoms with E-state index in [0.717, 1.165) is 5.56 Å². The van der Waals surface area contributed by atoms with Crippen LogP contribution in [0.4, 0.5) is 9.52 Å². The summed E-state index contributed by atoms with van der Waals surface area (Å²) >= 11 is 2.58. The third-order valence-corrected chi connectivity index (χ3v) is 5.39. The highest BCUT2D eigenvalue weighted by atomic mass is 32.2. The van der Waals surface area contributed by atoms with Gasteiger partial charge in [0, 0.05) is 24.0 Å². The first kappa shape index (κ1) is 18.8.